The van der Waals surface area contributed by atoms with Crippen LogP contribution in [0.1, 0.15) is 47.3 Å². The molecule has 0 spiro atoms. The van der Waals surface area contributed by atoms with Crippen molar-refractivity contribution in [3.05, 3.63) is 47.3 Å². The normalized spacial score (nSPS) is 14.2. The van der Waals surface area contributed by atoms with E-state index in [2.05, 4.69) is 10.6 Å². The monoisotopic (exact) mass is 285 g/mol. The van der Waals surface area contributed by atoms with E-state index >= 15 is 0 Å². The van der Waals surface area contributed by atoms with Gasteiger partial charge in [-0.25, -0.2) is 10.2 Å². The number of hydrogen-bond acceptors (Lipinski definition) is 3. The molecule has 1 heterocycles. The van der Waals surface area contributed by atoms with Crippen molar-refractivity contribution >= 4 is 5.91 Å². The van der Waals surface area contributed by atoms with Crippen LogP contribution in [0.25, 0.3) is 5.69 Å². The molecule has 1 N–H and O–H groups in total. The van der Waals surface area contributed by atoms with Gasteiger partial charge in [0.15, 0.2) is 0 Å². The number of carbonyl (C=O) groups excluding carboxylic acids is 1. The van der Waals surface area contributed by atoms with Gasteiger partial charge in [0.2, 0.25) is 0 Å². The van der Waals surface area contributed by atoms with Crippen LogP contribution in [0.3, 0.4) is 0 Å². The van der Waals surface area contributed by atoms with Crippen LogP contribution in [-0.4, -0.2) is 22.3 Å². The highest BCUT2D eigenvalue weighted by Crippen LogP contribution is 2.42. The van der Waals surface area contributed by atoms with E-state index < -0.39 is 0 Å². The first-order valence-corrected chi connectivity index (χ1v) is 7.28. The second kappa shape index (κ2) is 5.69. The zero-order chi connectivity index (χ0) is 14.8. The van der Waals surface area contributed by atoms with Crippen molar-refractivity contribution < 1.29 is 9.63 Å². The number of para-hydroxylation sites is 1. The topological polar surface area (TPSA) is 56.1 Å². The molecule has 110 valence electrons. The quantitative estimate of drug-likeness (QED) is 0.859. The van der Waals surface area contributed by atoms with Gasteiger partial charge in [-0.05, 0) is 38.3 Å². The molecule has 1 aliphatic carbocycles. The fourth-order valence-electron chi connectivity index (χ4n) is 2.47. The summed E-state index contributed by atoms with van der Waals surface area (Å²) in [6, 6.07) is 8.06. The zero-order valence-electron chi connectivity index (χ0n) is 12.3. The first-order valence-electron chi connectivity index (χ1n) is 7.28. The Labute approximate surface area is 123 Å². The van der Waals surface area contributed by atoms with E-state index in [1.165, 1.54) is 0 Å². The molecule has 5 nitrogen and oxygen atoms in total. The molecule has 2 aromatic rings. The second-order valence-corrected chi connectivity index (χ2v) is 5.28. The van der Waals surface area contributed by atoms with Crippen LogP contribution in [-0.2, 0) is 4.84 Å². The van der Waals surface area contributed by atoms with E-state index in [9.17, 15) is 4.79 Å². The summed E-state index contributed by atoms with van der Waals surface area (Å²) in [7, 11) is 0. The number of carbonyl (C=O) groups is 1. The molecule has 0 aliphatic heterocycles. The third-order valence-electron chi connectivity index (χ3n) is 3.67. The number of hydrogen-bond donors (Lipinski definition) is 1. The van der Waals surface area contributed by atoms with Gasteiger partial charge in [-0.2, -0.15) is 5.10 Å². The largest absolute Gasteiger partial charge is 0.278 e. The average Bonchev–Trinajstić information content (AvgIpc) is 3.24. The lowest BCUT2D eigenvalue weighted by atomic mass is 10.1. The van der Waals surface area contributed by atoms with Gasteiger partial charge in [0.1, 0.15) is 0 Å². The molecule has 0 bridgehead atoms. The Morgan fingerprint density at radius 1 is 1.43 bits per heavy atom. The number of benzene rings is 1. The number of rotatable bonds is 5. The van der Waals surface area contributed by atoms with E-state index in [4.69, 9.17) is 4.84 Å². The number of aryl methyl sites for hydroxylation is 1. The molecule has 0 atom stereocenters. The summed E-state index contributed by atoms with van der Waals surface area (Å²) in [5.41, 5.74) is 6.21. The van der Waals surface area contributed by atoms with Crippen LogP contribution in [0.5, 0.6) is 0 Å². The fourth-order valence-corrected chi connectivity index (χ4v) is 2.47. The molecule has 0 radical (unpaired) electrons. The number of nitrogens with zero attached hydrogens (tertiary/aromatic N) is 2. The summed E-state index contributed by atoms with van der Waals surface area (Å²) in [5.74, 6) is 0.188. The van der Waals surface area contributed by atoms with Gasteiger partial charge in [-0.15, -0.1) is 0 Å². The summed E-state index contributed by atoms with van der Waals surface area (Å²) in [6.07, 6.45) is 3.84. The van der Waals surface area contributed by atoms with E-state index in [0.717, 1.165) is 29.8 Å². The summed E-state index contributed by atoms with van der Waals surface area (Å²) >= 11 is 0. The van der Waals surface area contributed by atoms with E-state index in [-0.39, 0.29) is 5.91 Å². The predicted octanol–water partition coefficient (Wildman–Crippen LogP) is 2.74. The fraction of sp³-hybridized carbons (Fsp3) is 0.375. The average molecular weight is 285 g/mol. The van der Waals surface area contributed by atoms with Crippen LogP contribution in [0, 0.1) is 6.92 Å². The molecular weight excluding hydrogens is 266 g/mol. The molecule has 1 amide bonds. The molecule has 3 rings (SSSR count). The highest BCUT2D eigenvalue weighted by molar-refractivity contribution is 5.94. The third-order valence-corrected chi connectivity index (χ3v) is 3.67. The van der Waals surface area contributed by atoms with Gasteiger partial charge >= 0.3 is 0 Å². The SMILES string of the molecule is CCONC(=O)c1cnn(-c2ccccc2C)c1C1CC1. The molecule has 5 heteroatoms. The maximum atomic E-state index is 12.2. The summed E-state index contributed by atoms with van der Waals surface area (Å²) in [4.78, 5) is 17.2. The minimum atomic E-state index is -0.224. The van der Waals surface area contributed by atoms with Crippen LogP contribution < -0.4 is 5.48 Å². The zero-order valence-corrected chi connectivity index (χ0v) is 12.3. The molecular formula is C16H19N3O2. The first-order chi connectivity index (χ1) is 10.2. The summed E-state index contributed by atoms with van der Waals surface area (Å²) < 4.78 is 1.90. The van der Waals surface area contributed by atoms with Gasteiger partial charge < -0.3 is 0 Å². The first kappa shape index (κ1) is 13.8. The maximum Gasteiger partial charge on any atom is 0.278 e. The highest BCUT2D eigenvalue weighted by atomic mass is 16.6. The van der Waals surface area contributed by atoms with Crippen LogP contribution in [0.2, 0.25) is 0 Å². The van der Waals surface area contributed by atoms with Crippen LogP contribution in [0.4, 0.5) is 0 Å². The molecule has 1 aliphatic rings. The van der Waals surface area contributed by atoms with Crippen LogP contribution in [0.15, 0.2) is 30.5 Å². The minimum absolute atomic E-state index is 0.224. The lowest BCUT2D eigenvalue weighted by Crippen LogP contribution is -2.24. The molecule has 0 saturated heterocycles. The summed E-state index contributed by atoms with van der Waals surface area (Å²) in [5, 5.41) is 4.44. The summed E-state index contributed by atoms with van der Waals surface area (Å²) in [6.45, 7) is 4.32. The lowest BCUT2D eigenvalue weighted by molar-refractivity contribution is 0.0363. The molecule has 0 unspecified atom stereocenters. The number of aromatic nitrogens is 2. The van der Waals surface area contributed by atoms with E-state index in [1.54, 1.807) is 6.20 Å². The Bertz CT molecular complexity index is 659. The Hall–Kier alpha value is -2.14. The van der Waals surface area contributed by atoms with Gasteiger partial charge in [0, 0.05) is 5.92 Å². The van der Waals surface area contributed by atoms with Crippen molar-refractivity contribution in [2.45, 2.75) is 32.6 Å². The molecule has 1 fully saturated rings. The molecule has 21 heavy (non-hydrogen) atoms. The Balaban J connectivity index is 2.01. The predicted molar refractivity (Wildman–Crippen MR) is 79.4 cm³/mol. The third kappa shape index (κ3) is 2.69. The van der Waals surface area contributed by atoms with Crippen molar-refractivity contribution in [1.29, 1.82) is 0 Å². The highest BCUT2D eigenvalue weighted by Gasteiger charge is 2.33. The van der Waals surface area contributed by atoms with Crippen molar-refractivity contribution in [3.63, 3.8) is 0 Å². The smallest absolute Gasteiger partial charge is 0.274 e. The van der Waals surface area contributed by atoms with Gasteiger partial charge in [-0.3, -0.25) is 9.63 Å². The number of amides is 1. The Morgan fingerprint density at radius 3 is 2.86 bits per heavy atom. The lowest BCUT2D eigenvalue weighted by Gasteiger charge is -2.11. The van der Waals surface area contributed by atoms with Crippen LogP contribution >= 0.6 is 0 Å². The maximum absolute atomic E-state index is 12.2. The van der Waals surface area contributed by atoms with Crippen molar-refractivity contribution in [1.82, 2.24) is 15.3 Å². The molecule has 1 aromatic carbocycles. The second-order valence-electron chi connectivity index (χ2n) is 5.28. The molecule has 1 aromatic heterocycles. The van der Waals surface area contributed by atoms with Gasteiger partial charge in [0.05, 0.1) is 29.7 Å². The number of nitrogens with one attached hydrogen (secondary N) is 1. The van der Waals surface area contributed by atoms with E-state index in [1.807, 2.05) is 42.8 Å². The van der Waals surface area contributed by atoms with E-state index in [0.29, 0.717) is 18.1 Å². The van der Waals surface area contributed by atoms with Gasteiger partial charge in [-0.1, -0.05) is 18.2 Å². The minimum Gasteiger partial charge on any atom is -0.274 e. The van der Waals surface area contributed by atoms with Crippen molar-refractivity contribution in [2.75, 3.05) is 6.61 Å². The molecule has 1 saturated carbocycles. The Morgan fingerprint density at radius 2 is 2.19 bits per heavy atom. The van der Waals surface area contributed by atoms with Crippen molar-refractivity contribution in [3.8, 4) is 5.69 Å². The van der Waals surface area contributed by atoms with Gasteiger partial charge in [0.25, 0.3) is 5.91 Å². The number of hydroxylamine groups is 1. The standard InChI is InChI=1S/C16H19N3O2/c1-3-21-18-16(20)13-10-17-19(15(13)12-8-9-12)14-7-5-4-6-11(14)2/h4-7,10,12H,3,8-9H2,1-2H3,(H,18,20). The Kier molecular flexibility index (Phi) is 3.75. The van der Waals surface area contributed by atoms with Crippen molar-refractivity contribution in [2.24, 2.45) is 0 Å².